The van der Waals surface area contributed by atoms with Gasteiger partial charge in [-0.1, -0.05) is 5.16 Å². The van der Waals surface area contributed by atoms with Crippen LogP contribution >= 0.6 is 11.3 Å². The van der Waals surface area contributed by atoms with Crippen LogP contribution in [0.25, 0.3) is 0 Å². The summed E-state index contributed by atoms with van der Waals surface area (Å²) in [6, 6.07) is 5.15. The molecule has 9 nitrogen and oxygen atoms in total. The van der Waals surface area contributed by atoms with Gasteiger partial charge in [0.2, 0.25) is 5.91 Å². The molecule has 4 heterocycles. The Labute approximate surface area is 164 Å². The second kappa shape index (κ2) is 7.87. The third kappa shape index (κ3) is 4.24. The Balaban J connectivity index is 1.35. The van der Waals surface area contributed by atoms with Gasteiger partial charge in [-0.25, -0.2) is 4.98 Å². The molecule has 2 amide bonds. The number of carbonyl (C=O) groups excluding carboxylic acids is 2. The fourth-order valence-electron chi connectivity index (χ4n) is 2.91. The summed E-state index contributed by atoms with van der Waals surface area (Å²) in [5, 5.41) is 9.83. The predicted octanol–water partition coefficient (Wildman–Crippen LogP) is 2.08. The number of amides is 2. The summed E-state index contributed by atoms with van der Waals surface area (Å²) in [5.41, 5.74) is 1.86. The van der Waals surface area contributed by atoms with Crippen molar-refractivity contribution < 1.29 is 14.1 Å². The van der Waals surface area contributed by atoms with Gasteiger partial charge in [-0.15, -0.1) is 11.3 Å². The van der Waals surface area contributed by atoms with Crippen molar-refractivity contribution >= 4 is 34.0 Å². The lowest BCUT2D eigenvalue weighted by Gasteiger charge is -2.25. The molecule has 0 aliphatic carbocycles. The van der Waals surface area contributed by atoms with Gasteiger partial charge in [0, 0.05) is 36.7 Å². The maximum absolute atomic E-state index is 12.2. The van der Waals surface area contributed by atoms with E-state index in [2.05, 4.69) is 30.7 Å². The van der Waals surface area contributed by atoms with Crippen LogP contribution < -0.4 is 10.6 Å². The van der Waals surface area contributed by atoms with Crippen molar-refractivity contribution in [1.29, 1.82) is 0 Å². The quantitative estimate of drug-likeness (QED) is 0.676. The number of carbonyl (C=O) groups is 2. The van der Waals surface area contributed by atoms with E-state index in [-0.39, 0.29) is 24.1 Å². The second-order valence-corrected chi connectivity index (χ2v) is 7.50. The van der Waals surface area contributed by atoms with E-state index in [0.29, 0.717) is 23.1 Å². The summed E-state index contributed by atoms with van der Waals surface area (Å²) < 4.78 is 4.92. The second-order valence-electron chi connectivity index (χ2n) is 6.42. The average Bonchev–Trinajstić information content (AvgIpc) is 3.27. The average molecular weight is 398 g/mol. The van der Waals surface area contributed by atoms with E-state index in [0.717, 1.165) is 23.5 Å². The summed E-state index contributed by atoms with van der Waals surface area (Å²) >= 11 is 1.42. The molecule has 0 spiro atoms. The highest BCUT2D eigenvalue weighted by atomic mass is 32.1. The molecule has 28 heavy (non-hydrogen) atoms. The van der Waals surface area contributed by atoms with Crippen molar-refractivity contribution in [3.05, 3.63) is 52.6 Å². The van der Waals surface area contributed by atoms with Gasteiger partial charge in [0.25, 0.3) is 5.91 Å². The van der Waals surface area contributed by atoms with Crippen LogP contribution in [-0.2, 0) is 17.8 Å². The maximum atomic E-state index is 12.2. The first-order valence-electron chi connectivity index (χ1n) is 8.72. The molecule has 0 aromatic carbocycles. The minimum Gasteiger partial charge on any atom is -0.361 e. The molecule has 144 valence electrons. The molecule has 2 N–H and O–H groups in total. The predicted molar refractivity (Wildman–Crippen MR) is 103 cm³/mol. The van der Waals surface area contributed by atoms with Gasteiger partial charge in [-0.3, -0.25) is 24.8 Å². The van der Waals surface area contributed by atoms with Gasteiger partial charge < -0.3 is 9.84 Å². The first-order chi connectivity index (χ1) is 13.6. The lowest BCUT2D eigenvalue weighted by molar-refractivity contribution is -0.117. The Hall–Kier alpha value is -3.11. The molecule has 3 aromatic heterocycles. The summed E-state index contributed by atoms with van der Waals surface area (Å²) in [6.07, 6.45) is 4.00. The molecule has 0 radical (unpaired) electrons. The van der Waals surface area contributed by atoms with E-state index in [1.54, 1.807) is 37.5 Å². The molecule has 4 rings (SSSR count). The lowest BCUT2D eigenvalue weighted by Crippen LogP contribution is -2.36. The standard InChI is InChI=1S/C18H18N6O3S/c1-11-7-14(23-27-11)17(26)22-18-21-13-4-6-24(9-15(13)28-18)10-16(25)20-12-3-2-5-19-8-12/h2-3,5,7-8H,4,6,9-10H2,1H3,(H,20,25)(H,21,22,26). The first kappa shape index (κ1) is 18.3. The van der Waals surface area contributed by atoms with E-state index in [1.165, 1.54) is 11.3 Å². The number of hydrogen-bond acceptors (Lipinski definition) is 8. The van der Waals surface area contributed by atoms with Crippen molar-refractivity contribution in [1.82, 2.24) is 20.0 Å². The Kier molecular flexibility index (Phi) is 5.13. The number of anilines is 2. The molecular weight excluding hydrogens is 380 g/mol. The van der Waals surface area contributed by atoms with Crippen molar-refractivity contribution in [2.45, 2.75) is 19.9 Å². The fourth-order valence-corrected chi connectivity index (χ4v) is 3.96. The zero-order chi connectivity index (χ0) is 19.5. The molecule has 10 heteroatoms. The maximum Gasteiger partial charge on any atom is 0.279 e. The van der Waals surface area contributed by atoms with Crippen LogP contribution in [0, 0.1) is 6.92 Å². The Morgan fingerprint density at radius 1 is 1.36 bits per heavy atom. The zero-order valence-electron chi connectivity index (χ0n) is 15.1. The first-order valence-corrected chi connectivity index (χ1v) is 9.54. The summed E-state index contributed by atoms with van der Waals surface area (Å²) in [7, 11) is 0. The number of aryl methyl sites for hydroxylation is 1. The number of nitrogens with one attached hydrogen (secondary N) is 2. The SMILES string of the molecule is Cc1cc(C(=O)Nc2nc3c(s2)CN(CC(=O)Nc2cccnc2)CC3)no1. The highest BCUT2D eigenvalue weighted by Crippen LogP contribution is 2.28. The third-order valence-corrected chi connectivity index (χ3v) is 5.20. The normalized spacial score (nSPS) is 13.8. The van der Waals surface area contributed by atoms with Crippen molar-refractivity contribution in [3.63, 3.8) is 0 Å². The minimum atomic E-state index is -0.351. The molecule has 0 atom stereocenters. The van der Waals surface area contributed by atoms with Gasteiger partial charge in [0.05, 0.1) is 24.1 Å². The number of pyridine rings is 1. The molecule has 0 bridgehead atoms. The van der Waals surface area contributed by atoms with Crippen LogP contribution in [0.15, 0.2) is 35.1 Å². The van der Waals surface area contributed by atoms with E-state index in [1.807, 2.05) is 0 Å². The van der Waals surface area contributed by atoms with Gasteiger partial charge in [0.1, 0.15) is 5.76 Å². The van der Waals surface area contributed by atoms with Crippen LogP contribution in [0.3, 0.4) is 0 Å². The van der Waals surface area contributed by atoms with Crippen LogP contribution in [0.2, 0.25) is 0 Å². The minimum absolute atomic E-state index is 0.0871. The van der Waals surface area contributed by atoms with Gasteiger partial charge >= 0.3 is 0 Å². The summed E-state index contributed by atoms with van der Waals surface area (Å²) in [6.45, 7) is 3.36. The molecule has 0 saturated heterocycles. The summed E-state index contributed by atoms with van der Waals surface area (Å²) in [5.74, 6) is 0.135. The van der Waals surface area contributed by atoms with Crippen molar-refractivity contribution in [2.24, 2.45) is 0 Å². The zero-order valence-corrected chi connectivity index (χ0v) is 16.0. The van der Waals surface area contributed by atoms with Crippen LogP contribution in [0.4, 0.5) is 10.8 Å². The third-order valence-electron chi connectivity index (χ3n) is 4.20. The number of hydrogen-bond donors (Lipinski definition) is 2. The Morgan fingerprint density at radius 3 is 3.00 bits per heavy atom. The monoisotopic (exact) mass is 398 g/mol. The smallest absolute Gasteiger partial charge is 0.279 e. The van der Waals surface area contributed by atoms with E-state index in [4.69, 9.17) is 4.52 Å². The topological polar surface area (TPSA) is 113 Å². The van der Waals surface area contributed by atoms with E-state index >= 15 is 0 Å². The highest BCUT2D eigenvalue weighted by molar-refractivity contribution is 7.15. The number of fused-ring (bicyclic) bond motifs is 1. The van der Waals surface area contributed by atoms with E-state index in [9.17, 15) is 9.59 Å². The molecule has 1 aliphatic rings. The highest BCUT2D eigenvalue weighted by Gasteiger charge is 2.23. The largest absolute Gasteiger partial charge is 0.361 e. The fraction of sp³-hybridized carbons (Fsp3) is 0.278. The summed E-state index contributed by atoms with van der Waals surface area (Å²) in [4.78, 5) is 36.0. The molecule has 1 aliphatic heterocycles. The number of rotatable bonds is 5. The Bertz CT molecular complexity index is 1000. The number of aromatic nitrogens is 3. The van der Waals surface area contributed by atoms with E-state index < -0.39 is 0 Å². The van der Waals surface area contributed by atoms with Crippen LogP contribution in [0.1, 0.15) is 26.8 Å². The Morgan fingerprint density at radius 2 is 2.25 bits per heavy atom. The van der Waals surface area contributed by atoms with Crippen LogP contribution in [0.5, 0.6) is 0 Å². The molecule has 0 saturated carbocycles. The number of nitrogens with zero attached hydrogens (tertiary/aromatic N) is 4. The number of thiazole rings is 1. The molecule has 0 unspecified atom stereocenters. The van der Waals surface area contributed by atoms with Crippen LogP contribution in [-0.4, -0.2) is 44.9 Å². The van der Waals surface area contributed by atoms with Gasteiger partial charge in [-0.05, 0) is 19.1 Å². The van der Waals surface area contributed by atoms with Crippen molar-refractivity contribution in [2.75, 3.05) is 23.7 Å². The molecule has 3 aromatic rings. The molecule has 0 fully saturated rings. The lowest BCUT2D eigenvalue weighted by atomic mass is 10.2. The van der Waals surface area contributed by atoms with Crippen molar-refractivity contribution in [3.8, 4) is 0 Å². The van der Waals surface area contributed by atoms with Gasteiger partial charge in [-0.2, -0.15) is 0 Å². The van der Waals surface area contributed by atoms with Gasteiger partial charge in [0.15, 0.2) is 10.8 Å². The molecular formula is C18H18N6O3S.